The van der Waals surface area contributed by atoms with Gasteiger partial charge in [-0.05, 0) is 30.3 Å². The zero-order valence-corrected chi connectivity index (χ0v) is 8.16. The molecule has 5 nitrogen and oxygen atoms in total. The highest BCUT2D eigenvalue weighted by atomic mass is 16.5. The van der Waals surface area contributed by atoms with E-state index in [1.165, 1.54) is 24.4 Å². The van der Waals surface area contributed by atoms with Crippen LogP contribution in [0.1, 0.15) is 5.69 Å². The van der Waals surface area contributed by atoms with E-state index in [1.807, 2.05) is 6.07 Å². The number of nitriles is 1. The van der Waals surface area contributed by atoms with Crippen LogP contribution in [0.25, 0.3) is 0 Å². The third-order valence-corrected chi connectivity index (χ3v) is 1.79. The lowest BCUT2D eigenvalue weighted by Gasteiger charge is -2.02. The molecule has 1 N–H and O–H groups in total. The first kappa shape index (κ1) is 9.93. The first-order chi connectivity index (χ1) is 7.78. The summed E-state index contributed by atoms with van der Waals surface area (Å²) in [6, 6.07) is 9.62. The highest BCUT2D eigenvalue weighted by Gasteiger charge is 2.01. The van der Waals surface area contributed by atoms with E-state index in [9.17, 15) is 0 Å². The summed E-state index contributed by atoms with van der Waals surface area (Å²) in [7, 11) is 0. The van der Waals surface area contributed by atoms with Gasteiger partial charge in [-0.15, -0.1) is 0 Å². The molecule has 78 valence electrons. The first-order valence-corrected chi connectivity index (χ1v) is 4.48. The lowest BCUT2D eigenvalue weighted by molar-refractivity contribution is 0.437. The van der Waals surface area contributed by atoms with E-state index in [1.54, 1.807) is 12.1 Å². The molecular formula is C11H7N3O2. The van der Waals surface area contributed by atoms with Gasteiger partial charge in [-0.1, -0.05) is 0 Å². The van der Waals surface area contributed by atoms with Gasteiger partial charge in [-0.25, -0.2) is 4.98 Å². The molecular weight excluding hydrogens is 206 g/mol. The maximum absolute atomic E-state index is 9.08. The van der Waals surface area contributed by atoms with E-state index in [2.05, 4.69) is 9.97 Å². The minimum Gasteiger partial charge on any atom is -0.508 e. The van der Waals surface area contributed by atoms with Crippen LogP contribution in [-0.2, 0) is 0 Å². The third kappa shape index (κ3) is 2.25. The van der Waals surface area contributed by atoms with E-state index in [-0.39, 0.29) is 17.5 Å². The zero-order chi connectivity index (χ0) is 11.4. The van der Waals surface area contributed by atoms with Gasteiger partial charge >= 0.3 is 6.01 Å². The van der Waals surface area contributed by atoms with Crippen LogP contribution in [0.5, 0.6) is 17.5 Å². The van der Waals surface area contributed by atoms with Crippen LogP contribution in [-0.4, -0.2) is 15.1 Å². The normalized spacial score (nSPS) is 9.44. The minimum absolute atomic E-state index is 0.102. The molecule has 1 aromatic heterocycles. The Labute approximate surface area is 91.6 Å². The van der Waals surface area contributed by atoms with Gasteiger partial charge in [0.2, 0.25) is 0 Å². The van der Waals surface area contributed by atoms with E-state index in [0.29, 0.717) is 5.75 Å². The Balaban J connectivity index is 2.21. The molecule has 2 rings (SSSR count). The summed E-state index contributed by atoms with van der Waals surface area (Å²) in [6.07, 6.45) is 1.45. The van der Waals surface area contributed by atoms with Crippen molar-refractivity contribution in [1.29, 1.82) is 5.26 Å². The minimum atomic E-state index is 0.102. The monoisotopic (exact) mass is 213 g/mol. The van der Waals surface area contributed by atoms with Crippen molar-refractivity contribution < 1.29 is 9.84 Å². The van der Waals surface area contributed by atoms with Crippen LogP contribution in [0, 0.1) is 11.3 Å². The number of nitrogens with zero attached hydrogens (tertiary/aromatic N) is 3. The van der Waals surface area contributed by atoms with Crippen molar-refractivity contribution >= 4 is 0 Å². The summed E-state index contributed by atoms with van der Waals surface area (Å²) in [6.45, 7) is 0. The van der Waals surface area contributed by atoms with Crippen molar-refractivity contribution in [3.63, 3.8) is 0 Å². The highest BCUT2D eigenvalue weighted by Crippen LogP contribution is 2.20. The van der Waals surface area contributed by atoms with Crippen molar-refractivity contribution in [2.45, 2.75) is 0 Å². The highest BCUT2D eigenvalue weighted by molar-refractivity contribution is 5.32. The molecule has 0 aliphatic carbocycles. The summed E-state index contributed by atoms with van der Waals surface area (Å²) in [5.41, 5.74) is 0.240. The molecule has 0 bridgehead atoms. The Hall–Kier alpha value is -2.61. The van der Waals surface area contributed by atoms with Crippen LogP contribution >= 0.6 is 0 Å². The third-order valence-electron chi connectivity index (χ3n) is 1.79. The number of rotatable bonds is 2. The van der Waals surface area contributed by atoms with Gasteiger partial charge in [-0.2, -0.15) is 10.2 Å². The van der Waals surface area contributed by atoms with Crippen LogP contribution in [0.3, 0.4) is 0 Å². The summed E-state index contributed by atoms with van der Waals surface area (Å²) < 4.78 is 5.29. The quantitative estimate of drug-likeness (QED) is 0.823. The van der Waals surface area contributed by atoms with Crippen LogP contribution in [0.15, 0.2) is 36.5 Å². The number of benzene rings is 1. The molecule has 1 aromatic carbocycles. The first-order valence-electron chi connectivity index (χ1n) is 4.48. The van der Waals surface area contributed by atoms with E-state index >= 15 is 0 Å². The number of phenolic OH excluding ortho intramolecular Hbond substituents is 1. The molecule has 0 saturated heterocycles. The van der Waals surface area contributed by atoms with Crippen molar-refractivity contribution in [1.82, 2.24) is 9.97 Å². The summed E-state index contributed by atoms with van der Waals surface area (Å²) in [4.78, 5) is 7.71. The molecule has 0 amide bonds. The molecule has 0 aliphatic rings. The van der Waals surface area contributed by atoms with Gasteiger partial charge in [0.1, 0.15) is 23.3 Å². The molecule has 16 heavy (non-hydrogen) atoms. The van der Waals surface area contributed by atoms with Crippen LogP contribution in [0.4, 0.5) is 0 Å². The second-order valence-corrected chi connectivity index (χ2v) is 2.93. The smallest absolute Gasteiger partial charge is 0.323 e. The number of hydrogen-bond acceptors (Lipinski definition) is 5. The second-order valence-electron chi connectivity index (χ2n) is 2.93. The lowest BCUT2D eigenvalue weighted by atomic mass is 10.3. The standard InChI is InChI=1S/C11H7N3O2/c12-7-8-5-6-13-11(14-8)16-10-3-1-9(15)2-4-10/h1-6,15H. The molecule has 5 heteroatoms. The Morgan fingerprint density at radius 3 is 2.62 bits per heavy atom. The van der Waals surface area contributed by atoms with Gasteiger partial charge in [0.25, 0.3) is 0 Å². The van der Waals surface area contributed by atoms with Gasteiger partial charge in [-0.3, -0.25) is 0 Å². The maximum Gasteiger partial charge on any atom is 0.323 e. The Morgan fingerprint density at radius 2 is 1.94 bits per heavy atom. The number of aromatic nitrogens is 2. The van der Waals surface area contributed by atoms with Gasteiger partial charge in [0.05, 0.1) is 0 Å². The maximum atomic E-state index is 9.08. The fourth-order valence-electron chi connectivity index (χ4n) is 1.07. The number of hydrogen-bond donors (Lipinski definition) is 1. The topological polar surface area (TPSA) is 79.0 Å². The Morgan fingerprint density at radius 1 is 1.19 bits per heavy atom. The van der Waals surface area contributed by atoms with Crippen LogP contribution < -0.4 is 4.74 Å². The predicted molar refractivity (Wildman–Crippen MR) is 54.9 cm³/mol. The molecule has 0 atom stereocenters. The van der Waals surface area contributed by atoms with Crippen molar-refractivity contribution in [2.24, 2.45) is 0 Å². The van der Waals surface area contributed by atoms with Crippen molar-refractivity contribution in [2.75, 3.05) is 0 Å². The van der Waals surface area contributed by atoms with E-state index < -0.39 is 0 Å². The molecule has 0 unspecified atom stereocenters. The average Bonchev–Trinajstić information content (AvgIpc) is 2.32. The lowest BCUT2D eigenvalue weighted by Crippen LogP contribution is -1.92. The SMILES string of the molecule is N#Cc1ccnc(Oc2ccc(O)cc2)n1. The van der Waals surface area contributed by atoms with E-state index in [4.69, 9.17) is 15.1 Å². The summed E-state index contributed by atoms with van der Waals surface area (Å²) >= 11 is 0. The largest absolute Gasteiger partial charge is 0.508 e. The second kappa shape index (κ2) is 4.28. The Bertz CT molecular complexity index is 532. The molecule has 0 fully saturated rings. The van der Waals surface area contributed by atoms with Crippen molar-refractivity contribution in [3.05, 3.63) is 42.2 Å². The molecule has 2 aromatic rings. The van der Waals surface area contributed by atoms with Crippen LogP contribution in [0.2, 0.25) is 0 Å². The Kier molecular flexibility index (Phi) is 2.65. The number of aromatic hydroxyl groups is 1. The number of ether oxygens (including phenoxy) is 1. The number of phenols is 1. The zero-order valence-electron chi connectivity index (χ0n) is 8.16. The van der Waals surface area contributed by atoms with E-state index in [0.717, 1.165) is 0 Å². The predicted octanol–water partition coefficient (Wildman–Crippen LogP) is 1.85. The fraction of sp³-hybridized carbons (Fsp3) is 0. The summed E-state index contributed by atoms with van der Waals surface area (Å²) in [5, 5.41) is 17.7. The van der Waals surface area contributed by atoms with Gasteiger partial charge in [0, 0.05) is 6.20 Å². The molecule has 0 spiro atoms. The van der Waals surface area contributed by atoms with Crippen molar-refractivity contribution in [3.8, 4) is 23.6 Å². The molecule has 0 saturated carbocycles. The summed E-state index contributed by atoms with van der Waals surface area (Å²) in [5.74, 6) is 0.645. The average molecular weight is 213 g/mol. The molecule has 1 heterocycles. The van der Waals surface area contributed by atoms with Gasteiger partial charge in [0.15, 0.2) is 0 Å². The molecule has 0 radical (unpaired) electrons. The fourth-order valence-corrected chi connectivity index (χ4v) is 1.07. The van der Waals surface area contributed by atoms with Gasteiger partial charge < -0.3 is 9.84 Å². The molecule has 0 aliphatic heterocycles.